The van der Waals surface area contributed by atoms with Crippen molar-refractivity contribution in [3.8, 4) is 5.75 Å². The molecule has 3 aromatic rings. The Hall–Kier alpha value is -2.02. The molecule has 5 nitrogen and oxygen atoms in total. The highest BCUT2D eigenvalue weighted by Crippen LogP contribution is 2.30. The Morgan fingerprint density at radius 3 is 2.41 bits per heavy atom. The second-order valence-electron chi connectivity index (χ2n) is 6.70. The van der Waals surface area contributed by atoms with Gasteiger partial charge >= 0.3 is 0 Å². The summed E-state index contributed by atoms with van der Waals surface area (Å²) < 4.78 is 8.04. The first-order chi connectivity index (χ1) is 14.1. The normalized spacial score (nSPS) is 12.3. The predicted molar refractivity (Wildman–Crippen MR) is 118 cm³/mol. The number of benzene rings is 2. The predicted octanol–water partition coefficient (Wildman–Crippen LogP) is 5.70. The molecule has 0 aliphatic rings. The zero-order valence-electron chi connectivity index (χ0n) is 16.7. The third-order valence-corrected chi connectivity index (χ3v) is 6.12. The number of aliphatic hydroxyl groups excluding tert-OH is 1. The maximum absolute atomic E-state index is 10.5. The molecule has 0 bridgehead atoms. The van der Waals surface area contributed by atoms with Crippen molar-refractivity contribution in [2.45, 2.75) is 50.6 Å². The third kappa shape index (κ3) is 5.53. The Morgan fingerprint density at radius 1 is 1.03 bits per heavy atom. The molecule has 29 heavy (non-hydrogen) atoms. The van der Waals surface area contributed by atoms with Crippen LogP contribution in [0.25, 0.3) is 0 Å². The molecular weight excluding hydrogens is 406 g/mol. The van der Waals surface area contributed by atoms with Crippen molar-refractivity contribution in [1.82, 2.24) is 14.8 Å². The Balaban J connectivity index is 1.75. The summed E-state index contributed by atoms with van der Waals surface area (Å²) in [5.74, 6) is 1.89. The van der Waals surface area contributed by atoms with Crippen molar-refractivity contribution in [2.75, 3.05) is 5.75 Å². The van der Waals surface area contributed by atoms with Gasteiger partial charge in [0.2, 0.25) is 0 Å². The Bertz CT molecular complexity index is 900. The highest BCUT2D eigenvalue weighted by molar-refractivity contribution is 7.99. The molecule has 1 N–H and O–H groups in total. The molecule has 0 aliphatic heterocycles. The lowest BCUT2D eigenvalue weighted by molar-refractivity contribution is 0.204. The minimum atomic E-state index is -0.559. The molecule has 1 atom stereocenters. The molecule has 7 heteroatoms. The first kappa shape index (κ1) is 21.7. The Morgan fingerprint density at radius 2 is 1.72 bits per heavy atom. The first-order valence-corrected chi connectivity index (χ1v) is 11.2. The lowest BCUT2D eigenvalue weighted by atomic mass is 10.1. The van der Waals surface area contributed by atoms with E-state index in [1.165, 1.54) is 11.8 Å². The van der Waals surface area contributed by atoms with E-state index in [0.717, 1.165) is 29.4 Å². The number of hydrogen-bond acceptors (Lipinski definition) is 5. The topological polar surface area (TPSA) is 60.2 Å². The van der Waals surface area contributed by atoms with Crippen molar-refractivity contribution >= 4 is 23.4 Å². The number of ether oxygens (including phenoxy) is 1. The van der Waals surface area contributed by atoms with Crippen molar-refractivity contribution in [2.24, 2.45) is 0 Å². The van der Waals surface area contributed by atoms with E-state index >= 15 is 0 Å². The molecule has 0 saturated heterocycles. The summed E-state index contributed by atoms with van der Waals surface area (Å²) >= 11 is 7.71. The molecule has 1 heterocycles. The number of halogens is 1. The molecular formula is C22H26ClN3O2S. The average molecular weight is 432 g/mol. The van der Waals surface area contributed by atoms with E-state index in [9.17, 15) is 5.11 Å². The van der Waals surface area contributed by atoms with Crippen molar-refractivity contribution in [3.63, 3.8) is 0 Å². The number of aromatic nitrogens is 3. The second-order valence-corrected chi connectivity index (χ2v) is 8.09. The molecule has 3 rings (SSSR count). The summed E-state index contributed by atoms with van der Waals surface area (Å²) in [5.41, 5.74) is 0.899. The number of rotatable bonds is 10. The van der Waals surface area contributed by atoms with Gasteiger partial charge in [-0.1, -0.05) is 79.7 Å². The molecule has 154 valence electrons. The van der Waals surface area contributed by atoms with Crippen LogP contribution in [0.5, 0.6) is 5.75 Å². The van der Waals surface area contributed by atoms with Gasteiger partial charge in [0.1, 0.15) is 12.4 Å². The summed E-state index contributed by atoms with van der Waals surface area (Å²) in [6.45, 7) is 4.59. The molecule has 0 aliphatic carbocycles. The lowest BCUT2D eigenvalue weighted by Crippen LogP contribution is -2.14. The number of aliphatic hydroxyl groups is 1. The average Bonchev–Trinajstić information content (AvgIpc) is 3.16. The van der Waals surface area contributed by atoms with Crippen LogP contribution in [-0.4, -0.2) is 25.6 Å². The van der Waals surface area contributed by atoms with Gasteiger partial charge < -0.3 is 14.4 Å². The van der Waals surface area contributed by atoms with Crippen LogP contribution in [0, 0.1) is 0 Å². The van der Waals surface area contributed by atoms with Crippen molar-refractivity contribution in [1.29, 1.82) is 0 Å². The van der Waals surface area contributed by atoms with Crippen LogP contribution in [0.15, 0.2) is 59.8 Å². The van der Waals surface area contributed by atoms with Crippen LogP contribution in [0.4, 0.5) is 0 Å². The fourth-order valence-corrected chi connectivity index (χ4v) is 4.34. The second kappa shape index (κ2) is 10.7. The van der Waals surface area contributed by atoms with E-state index in [2.05, 4.69) is 28.6 Å². The minimum absolute atomic E-state index is 0.270. The van der Waals surface area contributed by atoms with Crippen LogP contribution in [-0.2, 0) is 6.61 Å². The van der Waals surface area contributed by atoms with Gasteiger partial charge in [-0.3, -0.25) is 0 Å². The van der Waals surface area contributed by atoms with Crippen molar-refractivity contribution < 1.29 is 9.84 Å². The summed E-state index contributed by atoms with van der Waals surface area (Å²) in [6.07, 6.45) is 1.36. The molecule has 2 aromatic carbocycles. The quantitative estimate of drug-likeness (QED) is 0.417. The maximum atomic E-state index is 10.5. The standard InChI is InChI=1S/C22H26ClN3O2S/c1-3-17(4-2)26-21(14-28-20-13-9-8-12-18(20)23)24-25-22(26)29-15-19(27)16-10-6-5-7-11-16/h5-13,17,19,27H,3-4,14-15H2,1-2H3. The molecule has 0 fully saturated rings. The van der Waals surface area contributed by atoms with E-state index in [1.807, 2.05) is 48.5 Å². The van der Waals surface area contributed by atoms with Crippen LogP contribution in [0.1, 0.15) is 50.2 Å². The summed E-state index contributed by atoms with van der Waals surface area (Å²) in [4.78, 5) is 0. The van der Waals surface area contributed by atoms with E-state index < -0.39 is 6.10 Å². The SMILES string of the molecule is CCC(CC)n1c(COc2ccccc2Cl)nnc1SCC(O)c1ccccc1. The Labute approximate surface area is 181 Å². The van der Waals surface area contributed by atoms with Gasteiger partial charge in [0.15, 0.2) is 11.0 Å². The molecule has 0 amide bonds. The third-order valence-electron chi connectivity index (χ3n) is 4.79. The molecule has 0 radical (unpaired) electrons. The number of hydrogen-bond donors (Lipinski definition) is 1. The number of thioether (sulfide) groups is 1. The van der Waals surface area contributed by atoms with E-state index in [-0.39, 0.29) is 12.6 Å². The molecule has 0 spiro atoms. The van der Waals surface area contributed by atoms with Crippen molar-refractivity contribution in [3.05, 3.63) is 71.0 Å². The van der Waals surface area contributed by atoms with E-state index in [4.69, 9.17) is 16.3 Å². The molecule has 1 unspecified atom stereocenters. The zero-order valence-corrected chi connectivity index (χ0v) is 18.2. The zero-order chi connectivity index (χ0) is 20.6. The smallest absolute Gasteiger partial charge is 0.191 e. The monoisotopic (exact) mass is 431 g/mol. The summed E-state index contributed by atoms with van der Waals surface area (Å²) in [6, 6.07) is 17.3. The van der Waals surface area contributed by atoms with E-state index in [0.29, 0.717) is 16.5 Å². The number of nitrogens with zero attached hydrogens (tertiary/aromatic N) is 3. The summed E-state index contributed by atoms with van der Waals surface area (Å²) in [5, 5.41) is 20.6. The maximum Gasteiger partial charge on any atom is 0.191 e. The van der Waals surface area contributed by atoms with Gasteiger partial charge in [-0.05, 0) is 30.5 Å². The van der Waals surface area contributed by atoms with Crippen LogP contribution >= 0.6 is 23.4 Å². The fourth-order valence-electron chi connectivity index (χ4n) is 3.15. The highest BCUT2D eigenvalue weighted by Gasteiger charge is 2.20. The van der Waals surface area contributed by atoms with Gasteiger partial charge in [-0.25, -0.2) is 0 Å². The highest BCUT2D eigenvalue weighted by atomic mass is 35.5. The van der Waals surface area contributed by atoms with Crippen LogP contribution in [0.2, 0.25) is 5.02 Å². The molecule has 1 aromatic heterocycles. The summed E-state index contributed by atoms with van der Waals surface area (Å²) in [7, 11) is 0. The van der Waals surface area contributed by atoms with Gasteiger partial charge in [-0.15, -0.1) is 10.2 Å². The fraction of sp³-hybridized carbons (Fsp3) is 0.364. The van der Waals surface area contributed by atoms with Crippen LogP contribution in [0.3, 0.4) is 0 Å². The largest absolute Gasteiger partial charge is 0.484 e. The van der Waals surface area contributed by atoms with Gasteiger partial charge in [-0.2, -0.15) is 0 Å². The van der Waals surface area contributed by atoms with E-state index in [1.54, 1.807) is 6.07 Å². The first-order valence-electron chi connectivity index (χ1n) is 9.80. The minimum Gasteiger partial charge on any atom is -0.484 e. The van der Waals surface area contributed by atoms with Gasteiger partial charge in [0.25, 0.3) is 0 Å². The molecule has 0 saturated carbocycles. The lowest BCUT2D eigenvalue weighted by Gasteiger charge is -2.20. The number of para-hydroxylation sites is 1. The Kier molecular flexibility index (Phi) is 7.98. The van der Waals surface area contributed by atoms with Gasteiger partial charge in [0.05, 0.1) is 11.1 Å². The van der Waals surface area contributed by atoms with Gasteiger partial charge in [0, 0.05) is 11.8 Å². The van der Waals surface area contributed by atoms with Crippen LogP contribution < -0.4 is 4.74 Å².